The van der Waals surface area contributed by atoms with Crippen LogP contribution in [0.2, 0.25) is 0 Å². The van der Waals surface area contributed by atoms with Crippen molar-refractivity contribution in [2.24, 2.45) is 5.92 Å². The Hall–Kier alpha value is -1.10. The number of esters is 1. The van der Waals surface area contributed by atoms with Crippen LogP contribution in [-0.2, 0) is 4.74 Å². The number of carbonyl (C=O) groups excluding carboxylic acids is 1. The molecular formula is C15H24N2O2S. The van der Waals surface area contributed by atoms with Gasteiger partial charge in [-0.25, -0.2) is 9.78 Å². The number of ether oxygens (including phenoxy) is 1. The number of carbonyl (C=O) groups is 1. The van der Waals surface area contributed by atoms with Gasteiger partial charge in [0.25, 0.3) is 0 Å². The first-order valence-electron chi connectivity index (χ1n) is 7.35. The Morgan fingerprint density at radius 1 is 1.40 bits per heavy atom. The van der Waals surface area contributed by atoms with Crippen molar-refractivity contribution >= 4 is 22.4 Å². The number of rotatable bonds is 4. The highest BCUT2D eigenvalue weighted by Crippen LogP contribution is 2.33. The minimum absolute atomic E-state index is 0.340. The summed E-state index contributed by atoms with van der Waals surface area (Å²) < 4.78 is 4.77. The zero-order chi connectivity index (χ0) is 14.7. The maximum Gasteiger partial charge on any atom is 0.357 e. The normalized spacial score (nSPS) is 22.6. The maximum absolute atomic E-state index is 11.6. The minimum Gasteiger partial charge on any atom is -0.464 e. The predicted molar refractivity (Wildman–Crippen MR) is 82.6 cm³/mol. The summed E-state index contributed by atoms with van der Waals surface area (Å²) in [7, 11) is 3.49. The van der Waals surface area contributed by atoms with Crippen LogP contribution in [-0.4, -0.2) is 31.2 Å². The Kier molecular flexibility index (Phi) is 5.02. The molecule has 0 aromatic carbocycles. The first kappa shape index (κ1) is 15.3. The van der Waals surface area contributed by atoms with Crippen molar-refractivity contribution in [3.63, 3.8) is 0 Å². The van der Waals surface area contributed by atoms with Crippen LogP contribution in [0.5, 0.6) is 0 Å². The number of hydrogen-bond donors (Lipinski definition) is 0. The molecule has 20 heavy (non-hydrogen) atoms. The lowest BCUT2D eigenvalue weighted by atomic mass is 9.84. The van der Waals surface area contributed by atoms with Gasteiger partial charge in [-0.2, -0.15) is 0 Å². The summed E-state index contributed by atoms with van der Waals surface area (Å²) in [6.07, 6.45) is 6.35. The van der Waals surface area contributed by atoms with Gasteiger partial charge in [-0.15, -0.1) is 11.3 Å². The maximum atomic E-state index is 11.6. The van der Waals surface area contributed by atoms with Gasteiger partial charge in [0.15, 0.2) is 10.8 Å². The quantitative estimate of drug-likeness (QED) is 0.796. The molecule has 1 fully saturated rings. The third-order valence-corrected chi connectivity index (χ3v) is 5.47. The highest BCUT2D eigenvalue weighted by Gasteiger charge is 2.26. The van der Waals surface area contributed by atoms with E-state index in [9.17, 15) is 4.79 Å². The van der Waals surface area contributed by atoms with E-state index in [0.29, 0.717) is 11.7 Å². The van der Waals surface area contributed by atoms with E-state index in [1.54, 1.807) is 11.3 Å². The third-order valence-electron chi connectivity index (χ3n) is 4.41. The van der Waals surface area contributed by atoms with Gasteiger partial charge in [0.1, 0.15) is 0 Å². The summed E-state index contributed by atoms with van der Waals surface area (Å²) in [5.74, 6) is 0.552. The van der Waals surface area contributed by atoms with Crippen molar-refractivity contribution in [1.82, 2.24) is 4.98 Å². The second-order valence-electron chi connectivity index (χ2n) is 5.59. The number of anilines is 1. The fourth-order valence-electron chi connectivity index (χ4n) is 2.92. The van der Waals surface area contributed by atoms with Crippen LogP contribution in [0.15, 0.2) is 0 Å². The zero-order valence-electron chi connectivity index (χ0n) is 12.8. The van der Waals surface area contributed by atoms with E-state index in [-0.39, 0.29) is 5.97 Å². The van der Waals surface area contributed by atoms with Crippen LogP contribution in [0.4, 0.5) is 5.13 Å². The van der Waals surface area contributed by atoms with Gasteiger partial charge < -0.3 is 9.64 Å². The van der Waals surface area contributed by atoms with Gasteiger partial charge in [0, 0.05) is 18.0 Å². The molecular weight excluding hydrogens is 272 g/mol. The van der Waals surface area contributed by atoms with E-state index in [2.05, 4.69) is 23.9 Å². The number of hydrogen-bond acceptors (Lipinski definition) is 5. The molecule has 0 unspecified atom stereocenters. The average molecular weight is 296 g/mol. The minimum atomic E-state index is -0.340. The van der Waals surface area contributed by atoms with Gasteiger partial charge in [-0.05, 0) is 38.5 Å². The molecule has 112 valence electrons. The summed E-state index contributed by atoms with van der Waals surface area (Å²) in [6, 6.07) is 0.550. The van der Waals surface area contributed by atoms with Crippen LogP contribution >= 0.6 is 11.3 Å². The van der Waals surface area contributed by atoms with Crippen LogP contribution < -0.4 is 4.90 Å². The molecule has 0 spiro atoms. The molecule has 5 heteroatoms. The number of nitrogens with zero attached hydrogens (tertiary/aromatic N) is 2. The van der Waals surface area contributed by atoms with Crippen molar-refractivity contribution in [2.45, 2.75) is 52.0 Å². The molecule has 1 heterocycles. The van der Waals surface area contributed by atoms with Crippen LogP contribution in [0.1, 0.15) is 54.4 Å². The van der Waals surface area contributed by atoms with Gasteiger partial charge in [0.2, 0.25) is 0 Å². The highest BCUT2D eigenvalue weighted by atomic mass is 32.1. The van der Waals surface area contributed by atoms with E-state index in [0.717, 1.165) is 15.9 Å². The van der Waals surface area contributed by atoms with Crippen molar-refractivity contribution in [1.29, 1.82) is 0 Å². The molecule has 0 N–H and O–H groups in total. The van der Waals surface area contributed by atoms with E-state index < -0.39 is 0 Å². The number of aryl methyl sites for hydroxylation is 1. The molecule has 1 saturated carbocycles. The molecule has 4 nitrogen and oxygen atoms in total. The number of aromatic nitrogens is 1. The lowest BCUT2D eigenvalue weighted by Gasteiger charge is -2.34. The van der Waals surface area contributed by atoms with Crippen molar-refractivity contribution in [3.8, 4) is 0 Å². The molecule has 1 aliphatic carbocycles. The molecule has 1 aliphatic rings. The standard InChI is InChI=1S/C15H24N2O2S/c1-5-11-6-8-12(9-7-11)17(3)15-16-13(10(2)20-15)14(18)19-4/h11-12H,5-9H2,1-4H3. The van der Waals surface area contributed by atoms with E-state index >= 15 is 0 Å². The van der Waals surface area contributed by atoms with E-state index in [1.807, 2.05) is 6.92 Å². The molecule has 0 amide bonds. The van der Waals surface area contributed by atoms with Gasteiger partial charge in [-0.3, -0.25) is 0 Å². The molecule has 1 aromatic rings. The molecule has 2 rings (SSSR count). The van der Waals surface area contributed by atoms with E-state index in [4.69, 9.17) is 4.74 Å². The fraction of sp³-hybridized carbons (Fsp3) is 0.733. The Balaban J connectivity index is 2.06. The summed E-state index contributed by atoms with van der Waals surface area (Å²) >= 11 is 1.58. The predicted octanol–water partition coefficient (Wildman–Crippen LogP) is 3.64. The Bertz CT molecular complexity index is 464. The van der Waals surface area contributed by atoms with Crippen LogP contribution in [0, 0.1) is 12.8 Å². The first-order valence-corrected chi connectivity index (χ1v) is 8.17. The Labute approximate surface area is 125 Å². The highest BCUT2D eigenvalue weighted by molar-refractivity contribution is 7.15. The third kappa shape index (κ3) is 3.14. The van der Waals surface area contributed by atoms with Gasteiger partial charge in [0.05, 0.1) is 7.11 Å². The van der Waals surface area contributed by atoms with Gasteiger partial charge >= 0.3 is 5.97 Å². The summed E-state index contributed by atoms with van der Waals surface area (Å²) in [4.78, 5) is 19.3. The Morgan fingerprint density at radius 2 is 2.05 bits per heavy atom. The van der Waals surface area contributed by atoms with Crippen molar-refractivity contribution in [2.75, 3.05) is 19.1 Å². The largest absolute Gasteiger partial charge is 0.464 e. The summed E-state index contributed by atoms with van der Waals surface area (Å²) in [5, 5.41) is 0.933. The fourth-order valence-corrected chi connectivity index (χ4v) is 3.85. The second-order valence-corrected chi connectivity index (χ2v) is 6.77. The molecule has 0 bridgehead atoms. The van der Waals surface area contributed by atoms with Gasteiger partial charge in [-0.1, -0.05) is 13.3 Å². The van der Waals surface area contributed by atoms with Crippen molar-refractivity contribution in [3.05, 3.63) is 10.6 Å². The van der Waals surface area contributed by atoms with Crippen molar-refractivity contribution < 1.29 is 9.53 Å². The lowest BCUT2D eigenvalue weighted by Crippen LogP contribution is -2.35. The second kappa shape index (κ2) is 6.57. The first-order chi connectivity index (χ1) is 9.56. The average Bonchev–Trinajstić information content (AvgIpc) is 2.87. The van der Waals surface area contributed by atoms with Crippen LogP contribution in [0.3, 0.4) is 0 Å². The molecule has 0 atom stereocenters. The zero-order valence-corrected chi connectivity index (χ0v) is 13.6. The lowest BCUT2D eigenvalue weighted by molar-refractivity contribution is 0.0594. The summed E-state index contributed by atoms with van der Waals surface area (Å²) in [5.41, 5.74) is 0.460. The van der Waals surface area contributed by atoms with E-state index in [1.165, 1.54) is 39.2 Å². The smallest absolute Gasteiger partial charge is 0.357 e. The molecule has 0 aliphatic heterocycles. The molecule has 0 saturated heterocycles. The summed E-state index contributed by atoms with van der Waals surface area (Å²) in [6.45, 7) is 4.21. The SMILES string of the molecule is CCC1CCC(N(C)c2nc(C(=O)OC)c(C)s2)CC1. The molecule has 1 aromatic heterocycles. The monoisotopic (exact) mass is 296 g/mol. The molecule has 0 radical (unpaired) electrons. The number of thiazole rings is 1. The topological polar surface area (TPSA) is 42.4 Å². The number of methoxy groups -OCH3 is 1. The van der Waals surface area contributed by atoms with Crippen LogP contribution in [0.25, 0.3) is 0 Å². The Morgan fingerprint density at radius 3 is 2.60 bits per heavy atom.